The van der Waals surface area contributed by atoms with Crippen LogP contribution < -0.4 is 16.0 Å². The molecule has 7 heteroatoms. The molecule has 3 N–H and O–H groups in total. The zero-order valence-corrected chi connectivity index (χ0v) is 16.9. The van der Waals surface area contributed by atoms with Crippen molar-refractivity contribution in [3.8, 4) is 0 Å². The molecule has 0 radical (unpaired) electrons. The molecule has 0 saturated heterocycles. The monoisotopic (exact) mass is 438 g/mol. The molecule has 0 spiro atoms. The summed E-state index contributed by atoms with van der Waals surface area (Å²) in [5.41, 5.74) is -0.347. The Morgan fingerprint density at radius 3 is 2.36 bits per heavy atom. The number of carbonyl (C=O) groups excluding carboxylic acids is 1. The summed E-state index contributed by atoms with van der Waals surface area (Å²) in [5, 5.41) is 11.4. The minimum Gasteiger partial charge on any atom is -0.356 e. The number of guanidine groups is 1. The lowest BCUT2D eigenvalue weighted by Crippen LogP contribution is -2.43. The van der Waals surface area contributed by atoms with Crippen LogP contribution in [-0.2, 0) is 11.2 Å². The summed E-state index contributed by atoms with van der Waals surface area (Å²) in [7, 11) is 1.74. The van der Waals surface area contributed by atoms with E-state index in [0.29, 0.717) is 13.1 Å². The van der Waals surface area contributed by atoms with Gasteiger partial charge in [-0.05, 0) is 17.9 Å². The maximum Gasteiger partial charge on any atom is 0.225 e. The summed E-state index contributed by atoms with van der Waals surface area (Å²) in [5.74, 6) is 0.821. The van der Waals surface area contributed by atoms with Crippen LogP contribution >= 0.6 is 35.3 Å². The molecule has 0 aliphatic rings. The van der Waals surface area contributed by atoms with E-state index in [1.54, 1.807) is 18.4 Å². The summed E-state index contributed by atoms with van der Waals surface area (Å²) >= 11 is 1.76. The summed E-state index contributed by atoms with van der Waals surface area (Å²) in [6, 6.07) is 4.19. The number of carbonyl (C=O) groups is 1. The molecule has 1 aromatic rings. The number of hydrogen-bond acceptors (Lipinski definition) is 3. The molecular weight excluding hydrogens is 411 g/mol. The number of thiophene rings is 1. The molecule has 0 aromatic carbocycles. The van der Waals surface area contributed by atoms with E-state index < -0.39 is 0 Å². The van der Waals surface area contributed by atoms with Gasteiger partial charge in [-0.15, -0.1) is 35.3 Å². The van der Waals surface area contributed by atoms with Crippen molar-refractivity contribution in [1.29, 1.82) is 0 Å². The minimum absolute atomic E-state index is 0. The topological polar surface area (TPSA) is 65.5 Å². The highest BCUT2D eigenvalue weighted by molar-refractivity contribution is 14.0. The van der Waals surface area contributed by atoms with E-state index in [1.165, 1.54) is 4.88 Å². The van der Waals surface area contributed by atoms with Gasteiger partial charge >= 0.3 is 0 Å². The van der Waals surface area contributed by atoms with Crippen LogP contribution in [0.3, 0.4) is 0 Å². The van der Waals surface area contributed by atoms with Gasteiger partial charge < -0.3 is 16.0 Å². The van der Waals surface area contributed by atoms with Gasteiger partial charge in [0.05, 0.1) is 0 Å². The Kier molecular flexibility index (Phi) is 10.4. The Balaban J connectivity index is 0.00000441. The van der Waals surface area contributed by atoms with Crippen LogP contribution in [0.4, 0.5) is 0 Å². The highest BCUT2D eigenvalue weighted by Gasteiger charge is 2.20. The minimum atomic E-state index is -0.347. The first-order valence-electron chi connectivity index (χ1n) is 7.18. The average Bonchev–Trinajstić information content (AvgIpc) is 2.93. The highest BCUT2D eigenvalue weighted by Crippen LogP contribution is 2.11. The van der Waals surface area contributed by atoms with E-state index in [9.17, 15) is 4.79 Å². The third kappa shape index (κ3) is 8.57. The fourth-order valence-electron chi connectivity index (χ4n) is 1.60. The zero-order valence-electron chi connectivity index (χ0n) is 13.7. The number of nitrogens with one attached hydrogen (secondary N) is 3. The first kappa shape index (κ1) is 21.2. The normalized spacial score (nSPS) is 11.5. The number of rotatable bonds is 6. The molecule has 1 amide bonds. The molecule has 0 aliphatic carbocycles. The zero-order chi connectivity index (χ0) is 15.7. The molecule has 0 bridgehead atoms. The first-order chi connectivity index (χ1) is 9.93. The third-order valence-electron chi connectivity index (χ3n) is 2.85. The van der Waals surface area contributed by atoms with Crippen LogP contribution in [-0.4, -0.2) is 38.5 Å². The van der Waals surface area contributed by atoms with Gasteiger partial charge in [0.15, 0.2) is 5.96 Å². The van der Waals surface area contributed by atoms with E-state index >= 15 is 0 Å². The SMILES string of the molecule is CN=C(NCCNC(=O)C(C)(C)C)NCCc1cccs1.I. The lowest BCUT2D eigenvalue weighted by molar-refractivity contribution is -0.128. The Hall–Kier alpha value is -0.830. The van der Waals surface area contributed by atoms with Crippen LogP contribution in [0.2, 0.25) is 0 Å². The molecule has 1 aromatic heterocycles. The van der Waals surface area contributed by atoms with Crippen LogP contribution in [0.25, 0.3) is 0 Å². The van der Waals surface area contributed by atoms with E-state index in [-0.39, 0.29) is 35.3 Å². The number of nitrogens with zero attached hydrogens (tertiary/aromatic N) is 1. The molecule has 0 fully saturated rings. The maximum atomic E-state index is 11.7. The second-order valence-electron chi connectivity index (χ2n) is 5.76. The second-order valence-corrected chi connectivity index (χ2v) is 6.79. The lowest BCUT2D eigenvalue weighted by Gasteiger charge is -2.18. The van der Waals surface area contributed by atoms with E-state index in [4.69, 9.17) is 0 Å². The standard InChI is InChI=1S/C15H26N4OS.HI/c1-15(2,3)13(20)17-9-10-19-14(16-4)18-8-7-12-6-5-11-21-12;/h5-6,11H,7-10H2,1-4H3,(H,17,20)(H2,16,18,19);1H. The molecule has 126 valence electrons. The van der Waals surface area contributed by atoms with Crippen LogP contribution in [0.5, 0.6) is 0 Å². The smallest absolute Gasteiger partial charge is 0.225 e. The molecule has 0 atom stereocenters. The lowest BCUT2D eigenvalue weighted by atomic mass is 9.96. The maximum absolute atomic E-state index is 11.7. The molecule has 1 heterocycles. The van der Waals surface area contributed by atoms with Crippen molar-refractivity contribution in [1.82, 2.24) is 16.0 Å². The van der Waals surface area contributed by atoms with Crippen LogP contribution in [0.1, 0.15) is 25.6 Å². The van der Waals surface area contributed by atoms with Gasteiger partial charge in [0, 0.05) is 37.0 Å². The second kappa shape index (κ2) is 10.8. The van der Waals surface area contributed by atoms with E-state index in [2.05, 4.69) is 38.5 Å². The van der Waals surface area contributed by atoms with E-state index in [1.807, 2.05) is 20.8 Å². The van der Waals surface area contributed by atoms with Gasteiger partial charge in [0.25, 0.3) is 0 Å². The number of hydrogen-bond donors (Lipinski definition) is 3. The van der Waals surface area contributed by atoms with Crippen molar-refractivity contribution in [2.45, 2.75) is 27.2 Å². The summed E-state index contributed by atoms with van der Waals surface area (Å²) in [4.78, 5) is 17.2. The van der Waals surface area contributed by atoms with Crippen molar-refractivity contribution in [3.05, 3.63) is 22.4 Å². The van der Waals surface area contributed by atoms with Gasteiger partial charge in [-0.1, -0.05) is 26.8 Å². The predicted molar refractivity (Wildman–Crippen MR) is 105 cm³/mol. The van der Waals surface area contributed by atoms with Gasteiger partial charge in [-0.2, -0.15) is 0 Å². The Bertz CT molecular complexity index is 455. The highest BCUT2D eigenvalue weighted by atomic mass is 127. The quantitative estimate of drug-likeness (QED) is 0.276. The van der Waals surface area contributed by atoms with Crippen molar-refractivity contribution >= 4 is 47.2 Å². The van der Waals surface area contributed by atoms with Crippen molar-refractivity contribution in [3.63, 3.8) is 0 Å². The average molecular weight is 438 g/mol. The van der Waals surface area contributed by atoms with Crippen molar-refractivity contribution < 1.29 is 4.79 Å². The van der Waals surface area contributed by atoms with Crippen LogP contribution in [0.15, 0.2) is 22.5 Å². The summed E-state index contributed by atoms with van der Waals surface area (Å²) in [6.07, 6.45) is 0.985. The Morgan fingerprint density at radius 1 is 1.18 bits per heavy atom. The fourth-order valence-corrected chi connectivity index (χ4v) is 2.31. The largest absolute Gasteiger partial charge is 0.356 e. The number of amides is 1. The molecule has 22 heavy (non-hydrogen) atoms. The number of halogens is 1. The summed E-state index contributed by atoms with van der Waals surface area (Å²) < 4.78 is 0. The molecule has 0 saturated carbocycles. The fraction of sp³-hybridized carbons (Fsp3) is 0.600. The van der Waals surface area contributed by atoms with Crippen molar-refractivity contribution in [2.24, 2.45) is 10.4 Å². The van der Waals surface area contributed by atoms with Crippen LogP contribution in [0, 0.1) is 5.41 Å². The van der Waals surface area contributed by atoms with Gasteiger partial charge in [-0.25, -0.2) is 0 Å². The van der Waals surface area contributed by atoms with Crippen molar-refractivity contribution in [2.75, 3.05) is 26.7 Å². The van der Waals surface area contributed by atoms with Gasteiger partial charge in [-0.3, -0.25) is 9.79 Å². The summed E-state index contributed by atoms with van der Waals surface area (Å²) in [6.45, 7) is 7.79. The molecule has 1 rings (SSSR count). The number of aliphatic imine (C=N–C) groups is 1. The Morgan fingerprint density at radius 2 is 1.82 bits per heavy atom. The Labute approximate surface area is 154 Å². The molecule has 5 nitrogen and oxygen atoms in total. The molecule has 0 unspecified atom stereocenters. The third-order valence-corrected chi connectivity index (χ3v) is 3.79. The first-order valence-corrected chi connectivity index (χ1v) is 8.06. The van der Waals surface area contributed by atoms with Gasteiger partial charge in [0.2, 0.25) is 5.91 Å². The molecular formula is C15H27IN4OS. The van der Waals surface area contributed by atoms with E-state index in [0.717, 1.165) is 18.9 Å². The predicted octanol–water partition coefficient (Wildman–Crippen LogP) is 2.24. The van der Waals surface area contributed by atoms with Gasteiger partial charge in [0.1, 0.15) is 0 Å². The molecule has 0 aliphatic heterocycles.